The Balaban J connectivity index is 1.64. The molecule has 5 rings (SSSR count). The summed E-state index contributed by atoms with van der Waals surface area (Å²) in [5.74, 6) is 0.478. The highest BCUT2D eigenvalue weighted by Gasteiger charge is 2.15. The molecule has 0 bridgehead atoms. The van der Waals surface area contributed by atoms with Gasteiger partial charge in [-0.1, -0.05) is 72.8 Å². The third-order valence-corrected chi connectivity index (χ3v) is 4.69. The maximum atomic E-state index is 4.87. The van der Waals surface area contributed by atoms with Gasteiger partial charge in [-0.05, 0) is 24.3 Å². The minimum atomic E-state index is 0.478. The molecule has 3 heterocycles. The Bertz CT molecular complexity index is 1270. The molecular formula is C25H17N5. The van der Waals surface area contributed by atoms with E-state index in [9.17, 15) is 0 Å². The quantitative estimate of drug-likeness (QED) is 0.417. The summed E-state index contributed by atoms with van der Waals surface area (Å²) in [5.41, 5.74) is 5.69. The monoisotopic (exact) mass is 387 g/mol. The molecule has 5 nitrogen and oxygen atoms in total. The molecule has 5 aromatic rings. The number of aromatic nitrogens is 5. The van der Waals surface area contributed by atoms with Crippen molar-refractivity contribution in [3.05, 3.63) is 103 Å². The highest BCUT2D eigenvalue weighted by Crippen LogP contribution is 2.29. The second kappa shape index (κ2) is 8.01. The summed E-state index contributed by atoms with van der Waals surface area (Å²) in [7, 11) is 0. The van der Waals surface area contributed by atoms with Crippen molar-refractivity contribution in [3.8, 4) is 45.4 Å². The van der Waals surface area contributed by atoms with Gasteiger partial charge in [0.25, 0.3) is 0 Å². The zero-order valence-corrected chi connectivity index (χ0v) is 16.1. The van der Waals surface area contributed by atoms with Crippen LogP contribution in [0.4, 0.5) is 0 Å². The second-order valence-electron chi connectivity index (χ2n) is 6.69. The van der Waals surface area contributed by atoms with E-state index in [2.05, 4.69) is 15.2 Å². The average molecular weight is 387 g/mol. The number of hydrogen-bond donors (Lipinski definition) is 0. The van der Waals surface area contributed by atoms with Gasteiger partial charge < -0.3 is 0 Å². The van der Waals surface area contributed by atoms with E-state index in [0.29, 0.717) is 11.5 Å². The van der Waals surface area contributed by atoms with Crippen molar-refractivity contribution in [2.24, 2.45) is 0 Å². The molecule has 0 atom stereocenters. The third-order valence-electron chi connectivity index (χ3n) is 4.69. The minimum Gasteiger partial charge on any atom is -0.255 e. The fraction of sp³-hybridized carbons (Fsp3) is 0. The smallest absolute Gasteiger partial charge is 0.201 e. The molecule has 0 saturated carbocycles. The predicted octanol–water partition coefficient (Wildman–Crippen LogP) is 5.33. The van der Waals surface area contributed by atoms with E-state index in [0.717, 1.165) is 33.9 Å². The maximum absolute atomic E-state index is 4.87. The number of rotatable bonds is 4. The Labute approximate surface area is 174 Å². The maximum Gasteiger partial charge on any atom is 0.201 e. The van der Waals surface area contributed by atoms with Crippen molar-refractivity contribution >= 4 is 0 Å². The van der Waals surface area contributed by atoms with Crippen molar-refractivity contribution in [3.63, 3.8) is 0 Å². The van der Waals surface area contributed by atoms with Gasteiger partial charge in [0.2, 0.25) is 5.82 Å². The Morgan fingerprint density at radius 3 is 1.77 bits per heavy atom. The van der Waals surface area contributed by atoms with E-state index in [4.69, 9.17) is 9.97 Å². The summed E-state index contributed by atoms with van der Waals surface area (Å²) in [4.78, 5) is 14.0. The van der Waals surface area contributed by atoms with Crippen LogP contribution in [0.3, 0.4) is 0 Å². The lowest BCUT2D eigenvalue weighted by Gasteiger charge is -2.10. The van der Waals surface area contributed by atoms with Gasteiger partial charge in [-0.3, -0.25) is 4.98 Å². The van der Waals surface area contributed by atoms with Crippen LogP contribution in [0.5, 0.6) is 0 Å². The molecule has 0 saturated heterocycles. The first-order valence-electron chi connectivity index (χ1n) is 9.63. The normalized spacial score (nSPS) is 10.7. The van der Waals surface area contributed by atoms with Crippen LogP contribution >= 0.6 is 0 Å². The molecule has 0 spiro atoms. The average Bonchev–Trinajstić information content (AvgIpc) is 2.85. The van der Waals surface area contributed by atoms with Crippen molar-refractivity contribution in [2.75, 3.05) is 0 Å². The van der Waals surface area contributed by atoms with Crippen LogP contribution in [-0.2, 0) is 0 Å². The molecule has 0 N–H and O–H groups in total. The van der Waals surface area contributed by atoms with Crippen LogP contribution in [0.2, 0.25) is 0 Å². The Kier molecular flexibility index (Phi) is 4.76. The molecule has 2 aromatic carbocycles. The Hall–Kier alpha value is -4.25. The van der Waals surface area contributed by atoms with Crippen molar-refractivity contribution in [2.45, 2.75) is 0 Å². The summed E-state index contributed by atoms with van der Waals surface area (Å²) in [6.07, 6.45) is 1.75. The SMILES string of the molecule is c1ccc(-c2nnc(-c3cccc(-c4ccccn4)n3)nc2-c2ccccc2)cc1. The molecule has 30 heavy (non-hydrogen) atoms. The summed E-state index contributed by atoms with van der Waals surface area (Å²) in [5, 5.41) is 8.94. The fourth-order valence-electron chi connectivity index (χ4n) is 3.24. The van der Waals surface area contributed by atoms with E-state index in [1.54, 1.807) is 6.20 Å². The predicted molar refractivity (Wildman–Crippen MR) is 117 cm³/mol. The number of hydrogen-bond acceptors (Lipinski definition) is 5. The van der Waals surface area contributed by atoms with Gasteiger partial charge in [-0.15, -0.1) is 10.2 Å². The topological polar surface area (TPSA) is 64.5 Å². The first-order chi connectivity index (χ1) is 14.9. The molecule has 0 aliphatic heterocycles. The standard InChI is InChI=1S/C25H17N5/c1-3-10-18(11-4-1)23-24(19-12-5-2-6-13-19)29-30-25(28-23)22-16-9-15-21(27-22)20-14-7-8-17-26-20/h1-17H. The van der Waals surface area contributed by atoms with Crippen LogP contribution in [0.15, 0.2) is 103 Å². The molecule has 0 aliphatic carbocycles. The molecule has 0 fully saturated rings. The van der Waals surface area contributed by atoms with Crippen molar-refractivity contribution in [1.29, 1.82) is 0 Å². The molecule has 0 amide bonds. The summed E-state index contributed by atoms with van der Waals surface area (Å²) >= 11 is 0. The molecule has 5 heteroatoms. The Morgan fingerprint density at radius 1 is 0.433 bits per heavy atom. The molecular weight excluding hydrogens is 370 g/mol. The highest BCUT2D eigenvalue weighted by molar-refractivity contribution is 5.78. The second-order valence-corrected chi connectivity index (χ2v) is 6.69. The van der Waals surface area contributed by atoms with Crippen LogP contribution in [0, 0.1) is 0 Å². The van der Waals surface area contributed by atoms with Crippen molar-refractivity contribution in [1.82, 2.24) is 25.1 Å². The van der Waals surface area contributed by atoms with Gasteiger partial charge >= 0.3 is 0 Å². The van der Waals surface area contributed by atoms with Gasteiger partial charge in [0, 0.05) is 17.3 Å². The lowest BCUT2D eigenvalue weighted by molar-refractivity contribution is 0.981. The van der Waals surface area contributed by atoms with Gasteiger partial charge in [-0.25, -0.2) is 9.97 Å². The first-order valence-corrected chi connectivity index (χ1v) is 9.63. The van der Waals surface area contributed by atoms with Gasteiger partial charge in [0.05, 0.1) is 11.4 Å². The third kappa shape index (κ3) is 3.56. The highest BCUT2D eigenvalue weighted by atomic mass is 15.2. The lowest BCUT2D eigenvalue weighted by atomic mass is 10.0. The fourth-order valence-corrected chi connectivity index (χ4v) is 3.24. The van der Waals surface area contributed by atoms with Gasteiger partial charge in [0.15, 0.2) is 0 Å². The zero-order valence-electron chi connectivity index (χ0n) is 16.1. The van der Waals surface area contributed by atoms with Crippen LogP contribution < -0.4 is 0 Å². The van der Waals surface area contributed by atoms with E-state index in [-0.39, 0.29) is 0 Å². The van der Waals surface area contributed by atoms with Gasteiger partial charge in [0.1, 0.15) is 17.1 Å². The van der Waals surface area contributed by atoms with E-state index < -0.39 is 0 Å². The van der Waals surface area contributed by atoms with E-state index in [1.807, 2.05) is 97.1 Å². The van der Waals surface area contributed by atoms with Crippen LogP contribution in [0.25, 0.3) is 45.4 Å². The number of benzene rings is 2. The first kappa shape index (κ1) is 17.8. The molecule has 3 aromatic heterocycles. The number of pyridine rings is 2. The van der Waals surface area contributed by atoms with Gasteiger partial charge in [-0.2, -0.15) is 0 Å². The minimum absolute atomic E-state index is 0.478. The summed E-state index contributed by atoms with van der Waals surface area (Å²) in [6, 6.07) is 31.5. The summed E-state index contributed by atoms with van der Waals surface area (Å²) in [6.45, 7) is 0. The van der Waals surface area contributed by atoms with Crippen LogP contribution in [0.1, 0.15) is 0 Å². The zero-order chi connectivity index (χ0) is 20.2. The lowest BCUT2D eigenvalue weighted by Crippen LogP contribution is -2.01. The van der Waals surface area contributed by atoms with E-state index >= 15 is 0 Å². The Morgan fingerprint density at radius 2 is 1.07 bits per heavy atom. The molecule has 142 valence electrons. The molecule has 0 unspecified atom stereocenters. The number of nitrogens with zero attached hydrogens (tertiary/aromatic N) is 5. The van der Waals surface area contributed by atoms with Crippen LogP contribution in [-0.4, -0.2) is 25.1 Å². The van der Waals surface area contributed by atoms with E-state index in [1.165, 1.54) is 0 Å². The summed E-state index contributed by atoms with van der Waals surface area (Å²) < 4.78 is 0. The largest absolute Gasteiger partial charge is 0.255 e. The molecule has 0 radical (unpaired) electrons. The van der Waals surface area contributed by atoms with Crippen molar-refractivity contribution < 1.29 is 0 Å². The molecule has 0 aliphatic rings.